The van der Waals surface area contributed by atoms with Gasteiger partial charge in [-0.3, -0.25) is 0 Å². The molecule has 0 spiro atoms. The number of carbonyl (C=O) groups is 1. The summed E-state index contributed by atoms with van der Waals surface area (Å²) in [5, 5.41) is 9.16. The van der Waals surface area contributed by atoms with Crippen LogP contribution in [0.5, 0.6) is 5.75 Å². The zero-order valence-electron chi connectivity index (χ0n) is 15.6. The Labute approximate surface area is 176 Å². The Morgan fingerprint density at radius 3 is 2.59 bits per heavy atom. The molecule has 152 valence electrons. The standard InChI is InChI=1S/C22H19BrF2O4/c1-2-28-21(22(26)27)13-16-7-8-20(19(23)12-16)29-9-5-3-4-6-15-10-17(24)14-18(25)11-15/h3,5,7-8,10-12,14,21H,2,9,13H2,1H3,(H,26,27). The molecule has 2 rings (SSSR count). The van der Waals surface area contributed by atoms with Gasteiger partial charge in [0, 0.05) is 24.7 Å². The minimum absolute atomic E-state index is 0.237. The average molecular weight is 465 g/mol. The second-order valence-corrected chi connectivity index (χ2v) is 6.75. The normalized spacial score (nSPS) is 11.7. The summed E-state index contributed by atoms with van der Waals surface area (Å²) in [5.74, 6) is 3.56. The number of hydrogen-bond acceptors (Lipinski definition) is 3. The van der Waals surface area contributed by atoms with Gasteiger partial charge < -0.3 is 14.6 Å². The Morgan fingerprint density at radius 2 is 1.97 bits per heavy atom. The van der Waals surface area contributed by atoms with E-state index in [0.717, 1.165) is 23.8 Å². The third-order valence-corrected chi connectivity index (χ3v) is 4.30. The van der Waals surface area contributed by atoms with Crippen LogP contribution in [0.1, 0.15) is 18.1 Å². The molecule has 2 aromatic rings. The molecule has 4 nitrogen and oxygen atoms in total. The van der Waals surface area contributed by atoms with E-state index in [0.29, 0.717) is 16.8 Å². The minimum atomic E-state index is -1.00. The molecule has 0 saturated heterocycles. The smallest absolute Gasteiger partial charge is 0.333 e. The van der Waals surface area contributed by atoms with Crippen LogP contribution in [-0.4, -0.2) is 30.4 Å². The van der Waals surface area contributed by atoms with Crippen LogP contribution in [0.2, 0.25) is 0 Å². The van der Waals surface area contributed by atoms with E-state index in [4.69, 9.17) is 14.6 Å². The molecule has 0 radical (unpaired) electrons. The molecule has 0 bridgehead atoms. The fraction of sp³-hybridized carbons (Fsp3) is 0.227. The quantitative estimate of drug-likeness (QED) is 0.572. The maximum absolute atomic E-state index is 13.1. The summed E-state index contributed by atoms with van der Waals surface area (Å²) in [5.41, 5.74) is 1.05. The van der Waals surface area contributed by atoms with Crippen LogP contribution < -0.4 is 4.74 Å². The maximum Gasteiger partial charge on any atom is 0.333 e. The fourth-order valence-corrected chi connectivity index (χ4v) is 2.96. The number of rotatable bonds is 8. The van der Waals surface area contributed by atoms with Crippen LogP contribution in [-0.2, 0) is 16.0 Å². The van der Waals surface area contributed by atoms with E-state index in [1.165, 1.54) is 6.08 Å². The molecule has 0 aliphatic rings. The van der Waals surface area contributed by atoms with Crippen LogP contribution in [0.4, 0.5) is 8.78 Å². The van der Waals surface area contributed by atoms with Crippen LogP contribution >= 0.6 is 15.9 Å². The average Bonchev–Trinajstić information content (AvgIpc) is 2.64. The lowest BCUT2D eigenvalue weighted by Gasteiger charge is -2.13. The Bertz CT molecular complexity index is 927. The molecule has 1 atom stereocenters. The largest absolute Gasteiger partial charge is 0.488 e. The number of allylic oxidation sites excluding steroid dienone is 1. The SMILES string of the molecule is CCOC(Cc1ccc(OCC=CC#Cc2cc(F)cc(F)c2)c(Br)c1)C(=O)O. The van der Waals surface area contributed by atoms with Crippen molar-refractivity contribution in [2.75, 3.05) is 13.2 Å². The summed E-state index contributed by atoms with van der Waals surface area (Å²) in [7, 11) is 0. The monoisotopic (exact) mass is 464 g/mol. The van der Waals surface area contributed by atoms with Crippen molar-refractivity contribution in [1.82, 2.24) is 0 Å². The van der Waals surface area contributed by atoms with E-state index in [1.54, 1.807) is 31.2 Å². The van der Waals surface area contributed by atoms with Crippen molar-refractivity contribution in [3.05, 3.63) is 75.8 Å². The van der Waals surface area contributed by atoms with Crippen molar-refractivity contribution in [1.29, 1.82) is 0 Å². The first kappa shape index (κ1) is 22.6. The Hall–Kier alpha value is -2.69. The molecule has 0 saturated carbocycles. The van der Waals surface area contributed by atoms with E-state index < -0.39 is 23.7 Å². The van der Waals surface area contributed by atoms with Gasteiger partial charge in [-0.15, -0.1) is 0 Å². The van der Waals surface area contributed by atoms with Gasteiger partial charge in [0.2, 0.25) is 0 Å². The van der Waals surface area contributed by atoms with Crippen molar-refractivity contribution < 1.29 is 28.2 Å². The van der Waals surface area contributed by atoms with Crippen molar-refractivity contribution in [3.63, 3.8) is 0 Å². The highest BCUT2D eigenvalue weighted by molar-refractivity contribution is 9.10. The van der Waals surface area contributed by atoms with Crippen molar-refractivity contribution in [2.45, 2.75) is 19.4 Å². The van der Waals surface area contributed by atoms with Crippen molar-refractivity contribution >= 4 is 21.9 Å². The molecular formula is C22H19BrF2O4. The van der Waals surface area contributed by atoms with Gasteiger partial charge in [0.1, 0.15) is 24.0 Å². The predicted octanol–water partition coefficient (Wildman–Crippen LogP) is 4.75. The number of carboxylic acids is 1. The van der Waals surface area contributed by atoms with Gasteiger partial charge in [0.15, 0.2) is 6.10 Å². The molecule has 7 heteroatoms. The summed E-state index contributed by atoms with van der Waals surface area (Å²) in [4.78, 5) is 11.2. The molecular weight excluding hydrogens is 446 g/mol. The molecule has 0 heterocycles. The second kappa shape index (κ2) is 11.3. The highest BCUT2D eigenvalue weighted by Crippen LogP contribution is 2.26. The van der Waals surface area contributed by atoms with Gasteiger partial charge in [-0.25, -0.2) is 13.6 Å². The van der Waals surface area contributed by atoms with Gasteiger partial charge in [-0.2, -0.15) is 0 Å². The van der Waals surface area contributed by atoms with E-state index >= 15 is 0 Å². The highest BCUT2D eigenvalue weighted by Gasteiger charge is 2.18. The van der Waals surface area contributed by atoms with E-state index in [2.05, 4.69) is 27.8 Å². The number of hydrogen-bond donors (Lipinski definition) is 1. The lowest BCUT2D eigenvalue weighted by Crippen LogP contribution is -2.26. The lowest BCUT2D eigenvalue weighted by molar-refractivity contribution is -0.149. The molecule has 0 fully saturated rings. The third kappa shape index (κ3) is 7.68. The first-order valence-electron chi connectivity index (χ1n) is 8.77. The molecule has 0 aliphatic heterocycles. The number of carboxylic acid groups (broad SMARTS) is 1. The summed E-state index contributed by atoms with van der Waals surface area (Å²) < 4.78 is 37.7. The van der Waals surface area contributed by atoms with Crippen LogP contribution in [0.25, 0.3) is 0 Å². The third-order valence-electron chi connectivity index (χ3n) is 3.68. The molecule has 1 N–H and O–H groups in total. The summed E-state index contributed by atoms with van der Waals surface area (Å²) in [6.45, 7) is 2.31. The van der Waals surface area contributed by atoms with Crippen molar-refractivity contribution in [3.8, 4) is 17.6 Å². The number of aliphatic carboxylic acids is 1. The highest BCUT2D eigenvalue weighted by atomic mass is 79.9. The topological polar surface area (TPSA) is 55.8 Å². The molecule has 2 aromatic carbocycles. The van der Waals surface area contributed by atoms with Crippen LogP contribution in [0.15, 0.2) is 53.0 Å². The van der Waals surface area contributed by atoms with Gasteiger partial charge in [-0.1, -0.05) is 17.9 Å². The number of benzene rings is 2. The van der Waals surface area contributed by atoms with E-state index in [1.807, 2.05) is 0 Å². The molecule has 0 aromatic heterocycles. The molecule has 0 aliphatic carbocycles. The lowest BCUT2D eigenvalue weighted by atomic mass is 10.1. The van der Waals surface area contributed by atoms with Gasteiger partial charge in [0.05, 0.1) is 4.47 Å². The second-order valence-electron chi connectivity index (χ2n) is 5.89. The molecule has 1 unspecified atom stereocenters. The maximum atomic E-state index is 13.1. The van der Waals surface area contributed by atoms with Gasteiger partial charge >= 0.3 is 5.97 Å². The Kier molecular flexibility index (Phi) is 8.84. The van der Waals surface area contributed by atoms with Gasteiger partial charge in [0.25, 0.3) is 0 Å². The zero-order valence-corrected chi connectivity index (χ0v) is 17.2. The molecule has 0 amide bonds. The fourth-order valence-electron chi connectivity index (χ4n) is 2.42. The summed E-state index contributed by atoms with van der Waals surface area (Å²) in [6.07, 6.45) is 2.55. The van der Waals surface area contributed by atoms with E-state index in [-0.39, 0.29) is 18.6 Å². The van der Waals surface area contributed by atoms with Gasteiger partial charge in [-0.05, 0) is 64.8 Å². The summed E-state index contributed by atoms with van der Waals surface area (Å²) >= 11 is 3.40. The van der Waals surface area contributed by atoms with Crippen molar-refractivity contribution in [2.24, 2.45) is 0 Å². The summed E-state index contributed by atoms with van der Waals surface area (Å²) in [6, 6.07) is 8.39. The first-order chi connectivity index (χ1) is 13.9. The predicted molar refractivity (Wildman–Crippen MR) is 109 cm³/mol. The Morgan fingerprint density at radius 1 is 1.24 bits per heavy atom. The first-order valence-corrected chi connectivity index (χ1v) is 9.56. The number of ether oxygens (including phenoxy) is 2. The zero-order chi connectivity index (χ0) is 21.2. The number of halogens is 3. The van der Waals surface area contributed by atoms with E-state index in [9.17, 15) is 13.6 Å². The van der Waals surface area contributed by atoms with Crippen LogP contribution in [0, 0.1) is 23.5 Å². The van der Waals surface area contributed by atoms with Crippen LogP contribution in [0.3, 0.4) is 0 Å². The Balaban J connectivity index is 1.90. The minimum Gasteiger partial charge on any atom is -0.488 e. The molecule has 29 heavy (non-hydrogen) atoms.